The molecule has 0 aliphatic heterocycles. The summed E-state index contributed by atoms with van der Waals surface area (Å²) in [6.45, 7) is 2.23. The second-order valence-corrected chi connectivity index (χ2v) is 4.14. The minimum Gasteiger partial charge on any atom is -0.512 e. The van der Waals surface area contributed by atoms with Crippen LogP contribution in [0.5, 0.6) is 0 Å². The van der Waals surface area contributed by atoms with Crippen LogP contribution in [0.4, 0.5) is 0 Å². The molecule has 0 aromatic rings. The maximum atomic E-state index is 9.73. The molecule has 1 heteroatoms. The van der Waals surface area contributed by atoms with Crippen LogP contribution in [0.25, 0.3) is 0 Å². The fraction of sp³-hybridized carbons (Fsp3) is 0.571. The molecule has 0 atom stereocenters. The molecule has 0 fully saturated rings. The van der Waals surface area contributed by atoms with Crippen molar-refractivity contribution >= 4 is 0 Å². The van der Waals surface area contributed by atoms with Gasteiger partial charge in [0.1, 0.15) is 0 Å². The zero-order valence-electron chi connectivity index (χ0n) is 9.71. The third-order valence-electron chi connectivity index (χ3n) is 2.76. The van der Waals surface area contributed by atoms with E-state index < -0.39 is 0 Å². The molecule has 0 unspecified atom stereocenters. The zero-order valence-corrected chi connectivity index (χ0v) is 9.71. The molecular weight excluding hydrogens is 184 g/mol. The lowest BCUT2D eigenvalue weighted by molar-refractivity contribution is 0.377. The van der Waals surface area contributed by atoms with Crippen LogP contribution in [0.15, 0.2) is 35.6 Å². The molecule has 0 saturated heterocycles. The summed E-state index contributed by atoms with van der Waals surface area (Å²) >= 11 is 0. The molecule has 0 aromatic carbocycles. The van der Waals surface area contributed by atoms with Crippen molar-refractivity contribution in [2.45, 2.75) is 51.9 Å². The van der Waals surface area contributed by atoms with Crippen molar-refractivity contribution in [1.82, 2.24) is 0 Å². The largest absolute Gasteiger partial charge is 0.512 e. The van der Waals surface area contributed by atoms with Crippen LogP contribution in [0.1, 0.15) is 51.9 Å². The number of allylic oxidation sites excluding steroid dienone is 6. The molecule has 1 aliphatic carbocycles. The molecule has 0 spiro atoms. The van der Waals surface area contributed by atoms with Crippen LogP contribution >= 0.6 is 0 Å². The standard InChI is InChI=1S/C14H22O/c1-2-3-4-5-6-7-12-14(15)13-10-8-9-11-13/h8-11,15H,2-7,12H2,1H3. The van der Waals surface area contributed by atoms with Crippen molar-refractivity contribution < 1.29 is 5.11 Å². The minimum absolute atomic E-state index is 0.551. The van der Waals surface area contributed by atoms with Gasteiger partial charge in [0, 0.05) is 12.0 Å². The van der Waals surface area contributed by atoms with E-state index in [4.69, 9.17) is 0 Å². The highest BCUT2D eigenvalue weighted by Gasteiger charge is 2.01. The Hall–Kier alpha value is -0.980. The Morgan fingerprint density at radius 3 is 2.27 bits per heavy atom. The van der Waals surface area contributed by atoms with E-state index in [1.807, 2.05) is 24.3 Å². The van der Waals surface area contributed by atoms with Gasteiger partial charge in [-0.15, -0.1) is 0 Å². The van der Waals surface area contributed by atoms with Crippen molar-refractivity contribution in [3.8, 4) is 0 Å². The summed E-state index contributed by atoms with van der Waals surface area (Å²) in [6.07, 6.45) is 16.3. The summed E-state index contributed by atoms with van der Waals surface area (Å²) in [5, 5.41) is 9.73. The molecule has 84 valence electrons. The third-order valence-corrected chi connectivity index (χ3v) is 2.76. The summed E-state index contributed by atoms with van der Waals surface area (Å²) in [7, 11) is 0. The Labute approximate surface area is 93.2 Å². The van der Waals surface area contributed by atoms with Gasteiger partial charge in [0.25, 0.3) is 0 Å². The van der Waals surface area contributed by atoms with Crippen molar-refractivity contribution in [2.24, 2.45) is 0 Å². The van der Waals surface area contributed by atoms with Gasteiger partial charge in [-0.05, 0) is 6.42 Å². The molecule has 0 amide bonds. The van der Waals surface area contributed by atoms with E-state index in [9.17, 15) is 5.11 Å². The molecule has 0 saturated carbocycles. The summed E-state index contributed by atoms with van der Waals surface area (Å²) in [5.41, 5.74) is 0.989. The third kappa shape index (κ3) is 4.87. The molecule has 0 aromatic heterocycles. The first-order chi connectivity index (χ1) is 7.34. The van der Waals surface area contributed by atoms with Gasteiger partial charge in [-0.25, -0.2) is 0 Å². The Morgan fingerprint density at radius 2 is 1.60 bits per heavy atom. The fourth-order valence-corrected chi connectivity index (χ4v) is 1.78. The number of aliphatic hydroxyl groups excluding tert-OH is 1. The summed E-state index contributed by atoms with van der Waals surface area (Å²) < 4.78 is 0. The average Bonchev–Trinajstić information content (AvgIpc) is 2.76. The van der Waals surface area contributed by atoms with Gasteiger partial charge < -0.3 is 5.11 Å². The van der Waals surface area contributed by atoms with Gasteiger partial charge in [-0.3, -0.25) is 0 Å². The van der Waals surface area contributed by atoms with Crippen LogP contribution < -0.4 is 0 Å². The van der Waals surface area contributed by atoms with E-state index in [1.54, 1.807) is 0 Å². The Bertz CT molecular complexity index is 245. The molecule has 1 nitrogen and oxygen atoms in total. The van der Waals surface area contributed by atoms with Gasteiger partial charge >= 0.3 is 0 Å². The highest BCUT2D eigenvalue weighted by molar-refractivity contribution is 5.41. The predicted octanol–water partition coefficient (Wildman–Crippen LogP) is 4.68. The lowest BCUT2D eigenvalue weighted by Crippen LogP contribution is -1.87. The number of aliphatic hydroxyl groups is 1. The molecule has 1 aliphatic rings. The minimum atomic E-state index is 0.551. The van der Waals surface area contributed by atoms with Crippen LogP contribution in [0.2, 0.25) is 0 Å². The second-order valence-electron chi connectivity index (χ2n) is 4.14. The van der Waals surface area contributed by atoms with E-state index in [0.717, 1.165) is 18.4 Å². The zero-order chi connectivity index (χ0) is 10.9. The van der Waals surface area contributed by atoms with Crippen LogP contribution in [-0.4, -0.2) is 5.11 Å². The van der Waals surface area contributed by atoms with Gasteiger partial charge in [0.15, 0.2) is 0 Å². The Balaban J connectivity index is 2.07. The van der Waals surface area contributed by atoms with E-state index in [0.29, 0.717) is 5.76 Å². The smallest absolute Gasteiger partial charge is 0.0994 e. The van der Waals surface area contributed by atoms with Gasteiger partial charge in [-0.1, -0.05) is 63.3 Å². The second kappa shape index (κ2) is 7.33. The lowest BCUT2D eigenvalue weighted by Gasteiger charge is -2.02. The van der Waals surface area contributed by atoms with E-state index >= 15 is 0 Å². The summed E-state index contributed by atoms with van der Waals surface area (Å²) in [5.74, 6) is 0.551. The first-order valence-electron chi connectivity index (χ1n) is 6.11. The van der Waals surface area contributed by atoms with E-state index in [-0.39, 0.29) is 0 Å². The number of rotatable bonds is 7. The van der Waals surface area contributed by atoms with Crippen LogP contribution in [-0.2, 0) is 0 Å². The Kier molecular flexibility index (Phi) is 5.91. The first kappa shape index (κ1) is 12.1. The van der Waals surface area contributed by atoms with E-state index in [1.165, 1.54) is 32.1 Å². The number of hydrogen-bond donors (Lipinski definition) is 1. The van der Waals surface area contributed by atoms with Crippen LogP contribution in [0, 0.1) is 0 Å². The summed E-state index contributed by atoms with van der Waals surface area (Å²) in [4.78, 5) is 0. The molecule has 1 N–H and O–H groups in total. The number of unbranched alkanes of at least 4 members (excludes halogenated alkanes) is 5. The molecule has 1 rings (SSSR count). The molecule has 0 bridgehead atoms. The normalized spacial score (nSPS) is 13.8. The molecule has 15 heavy (non-hydrogen) atoms. The average molecular weight is 206 g/mol. The van der Waals surface area contributed by atoms with Crippen molar-refractivity contribution in [2.75, 3.05) is 0 Å². The van der Waals surface area contributed by atoms with Gasteiger partial charge in [-0.2, -0.15) is 0 Å². The summed E-state index contributed by atoms with van der Waals surface area (Å²) in [6, 6.07) is 0. The van der Waals surface area contributed by atoms with Crippen molar-refractivity contribution in [1.29, 1.82) is 0 Å². The highest BCUT2D eigenvalue weighted by atomic mass is 16.3. The highest BCUT2D eigenvalue weighted by Crippen LogP contribution is 2.17. The van der Waals surface area contributed by atoms with Gasteiger partial charge in [0.05, 0.1) is 5.76 Å². The number of hydrogen-bond acceptors (Lipinski definition) is 1. The predicted molar refractivity (Wildman–Crippen MR) is 65.9 cm³/mol. The van der Waals surface area contributed by atoms with Gasteiger partial charge in [0.2, 0.25) is 0 Å². The molecule has 0 radical (unpaired) electrons. The molecular formula is C14H22O. The lowest BCUT2D eigenvalue weighted by atomic mass is 10.1. The molecule has 0 heterocycles. The topological polar surface area (TPSA) is 20.2 Å². The maximum Gasteiger partial charge on any atom is 0.0994 e. The quantitative estimate of drug-likeness (QED) is 0.474. The van der Waals surface area contributed by atoms with E-state index in [2.05, 4.69) is 6.92 Å². The monoisotopic (exact) mass is 206 g/mol. The Morgan fingerprint density at radius 1 is 1.00 bits per heavy atom. The van der Waals surface area contributed by atoms with Crippen molar-refractivity contribution in [3.63, 3.8) is 0 Å². The maximum absolute atomic E-state index is 9.73. The first-order valence-corrected chi connectivity index (χ1v) is 6.11. The SMILES string of the molecule is CCCCCCCCC(O)=C1C=CC=C1. The van der Waals surface area contributed by atoms with Crippen molar-refractivity contribution in [3.05, 3.63) is 35.6 Å². The fourth-order valence-electron chi connectivity index (χ4n) is 1.78. The van der Waals surface area contributed by atoms with Crippen LogP contribution in [0.3, 0.4) is 0 Å².